The second-order valence-electron chi connectivity index (χ2n) is 16.6. The van der Waals surface area contributed by atoms with Crippen LogP contribution in [0.4, 0.5) is 0 Å². The molecule has 224 valence electrons. The van der Waals surface area contributed by atoms with Crippen molar-refractivity contribution < 1.29 is 9.90 Å². The van der Waals surface area contributed by atoms with Crippen LogP contribution in [-0.2, 0) is 0 Å². The molecule has 0 heterocycles. The zero-order valence-electron chi connectivity index (χ0n) is 27.1. The fourth-order valence-corrected chi connectivity index (χ4v) is 12.8. The Bertz CT molecular complexity index is 1270. The molecule has 1 aromatic rings. The van der Waals surface area contributed by atoms with Gasteiger partial charge in [0.15, 0.2) is 0 Å². The molecule has 41 heavy (non-hydrogen) atoms. The first kappa shape index (κ1) is 29.2. The topological polar surface area (TPSA) is 40.5 Å². The van der Waals surface area contributed by atoms with Gasteiger partial charge in [-0.15, -0.1) is 0 Å². The number of carboxylic acid groups (broad SMARTS) is 1. The summed E-state index contributed by atoms with van der Waals surface area (Å²) in [6, 6.07) is 7.64. The first-order valence-corrected chi connectivity index (χ1v) is 16.5. The van der Waals surface area contributed by atoms with Crippen LogP contribution in [0.1, 0.15) is 115 Å². The summed E-state index contributed by atoms with van der Waals surface area (Å²) >= 11 is 0. The summed E-state index contributed by atoms with van der Waals surface area (Å²) in [7, 11) is 4.72. The van der Waals surface area contributed by atoms with E-state index in [0.717, 1.165) is 24.2 Å². The Hall–Kier alpha value is -1.87. The molecule has 4 saturated carbocycles. The van der Waals surface area contributed by atoms with Gasteiger partial charge in [-0.1, -0.05) is 65.0 Å². The summed E-state index contributed by atoms with van der Waals surface area (Å²) in [5.74, 6) is 2.69. The Labute approximate surface area is 249 Å². The van der Waals surface area contributed by atoms with Crippen LogP contribution in [0.15, 0.2) is 42.5 Å². The molecular formula is C38H55NO2. The summed E-state index contributed by atoms with van der Waals surface area (Å²) in [6.45, 7) is 19.9. The lowest BCUT2D eigenvalue weighted by Gasteiger charge is -2.72. The zero-order valence-corrected chi connectivity index (χ0v) is 27.1. The Kier molecular flexibility index (Phi) is 6.64. The minimum absolute atomic E-state index is 0.0555. The van der Waals surface area contributed by atoms with Crippen molar-refractivity contribution in [3.63, 3.8) is 0 Å². The summed E-state index contributed by atoms with van der Waals surface area (Å²) in [5, 5.41) is 9.43. The summed E-state index contributed by atoms with van der Waals surface area (Å²) in [4.78, 5) is 14.1. The molecule has 0 aliphatic heterocycles. The monoisotopic (exact) mass is 557 g/mol. The lowest BCUT2D eigenvalue weighted by molar-refractivity contribution is -0.225. The lowest BCUT2D eigenvalue weighted by Crippen LogP contribution is -2.67. The third kappa shape index (κ3) is 3.76. The Morgan fingerprint density at radius 2 is 1.56 bits per heavy atom. The van der Waals surface area contributed by atoms with Crippen molar-refractivity contribution in [3.05, 3.63) is 53.6 Å². The van der Waals surface area contributed by atoms with Crippen molar-refractivity contribution in [2.45, 2.75) is 105 Å². The predicted molar refractivity (Wildman–Crippen MR) is 170 cm³/mol. The number of hydrogen-bond donors (Lipinski definition) is 1. The number of allylic oxidation sites excluding steroid dienone is 3. The largest absolute Gasteiger partial charge is 0.478 e. The molecule has 3 heteroatoms. The summed E-state index contributed by atoms with van der Waals surface area (Å²) in [5.41, 5.74) is 5.82. The predicted octanol–water partition coefficient (Wildman–Crippen LogP) is 9.35. The van der Waals surface area contributed by atoms with Crippen LogP contribution in [0, 0.1) is 51.2 Å². The SMILES string of the molecule is C=C(C)[C@@H]1CC[C@]2(N(C)C)CC[C@]3(C)[C@H](CC[C@@H]4[C@@]5(C)CC=C(c6ccc(C(=O)O)cc6)C(C)(C)[C@@H]5CC[C@]43C)[C@@H]12. The van der Waals surface area contributed by atoms with Gasteiger partial charge in [-0.05, 0) is 153 Å². The molecular weight excluding hydrogens is 502 g/mol. The van der Waals surface area contributed by atoms with Crippen LogP contribution in [0.3, 0.4) is 0 Å². The molecule has 5 aliphatic carbocycles. The molecule has 1 N–H and O–H groups in total. The maximum Gasteiger partial charge on any atom is 0.335 e. The van der Waals surface area contributed by atoms with Gasteiger partial charge >= 0.3 is 5.97 Å². The van der Waals surface area contributed by atoms with Crippen molar-refractivity contribution in [3.8, 4) is 0 Å². The third-order valence-electron chi connectivity index (χ3n) is 14.9. The molecule has 0 amide bonds. The van der Waals surface area contributed by atoms with Crippen LogP contribution in [-0.4, -0.2) is 35.6 Å². The molecule has 1 aromatic carbocycles. The van der Waals surface area contributed by atoms with Gasteiger partial charge in [-0.2, -0.15) is 0 Å². The number of rotatable bonds is 4. The standard InChI is InChI=1S/C38H55NO2/c1-24(2)27-16-21-38(39(8)9)23-22-36(6)29(32(27)38)14-15-31-35(5)19-17-28(25-10-12-26(13-11-25)33(40)41)34(3,4)30(35)18-20-37(31,36)7/h10-13,17,27,29-32H,1,14-16,18-23H2,2-9H3,(H,40,41)/t27-,29+,30-,31+,32+,35-,36+,37+,38-/m0/s1. The van der Waals surface area contributed by atoms with Crippen molar-refractivity contribution in [1.29, 1.82) is 0 Å². The van der Waals surface area contributed by atoms with E-state index in [-0.39, 0.29) is 10.8 Å². The minimum atomic E-state index is -0.852. The van der Waals surface area contributed by atoms with Gasteiger partial charge in [0.1, 0.15) is 0 Å². The molecule has 6 rings (SSSR count). The highest BCUT2D eigenvalue weighted by Crippen LogP contribution is 2.77. The number of carbonyl (C=O) groups is 1. The fourth-order valence-electron chi connectivity index (χ4n) is 12.8. The van der Waals surface area contributed by atoms with Gasteiger partial charge in [-0.25, -0.2) is 4.79 Å². The smallest absolute Gasteiger partial charge is 0.335 e. The summed E-state index contributed by atoms with van der Waals surface area (Å²) < 4.78 is 0. The highest BCUT2D eigenvalue weighted by Gasteiger charge is 2.70. The molecule has 0 spiro atoms. The van der Waals surface area contributed by atoms with E-state index in [2.05, 4.69) is 73.2 Å². The number of hydrogen-bond acceptors (Lipinski definition) is 2. The van der Waals surface area contributed by atoms with Crippen molar-refractivity contribution >= 4 is 11.5 Å². The summed E-state index contributed by atoms with van der Waals surface area (Å²) in [6.07, 6.45) is 14.4. The van der Waals surface area contributed by atoms with E-state index in [1.165, 1.54) is 68.1 Å². The molecule has 4 fully saturated rings. The second-order valence-corrected chi connectivity index (χ2v) is 16.6. The first-order valence-electron chi connectivity index (χ1n) is 16.5. The van der Waals surface area contributed by atoms with E-state index in [9.17, 15) is 9.90 Å². The van der Waals surface area contributed by atoms with E-state index in [1.54, 1.807) is 12.1 Å². The molecule has 0 unspecified atom stereocenters. The van der Waals surface area contributed by atoms with Crippen molar-refractivity contribution in [1.82, 2.24) is 4.90 Å². The highest BCUT2D eigenvalue weighted by molar-refractivity contribution is 5.88. The van der Waals surface area contributed by atoms with E-state index in [4.69, 9.17) is 0 Å². The molecule has 0 bridgehead atoms. The fraction of sp³-hybridized carbons (Fsp3) is 0.711. The lowest BCUT2D eigenvalue weighted by atomic mass is 9.33. The molecule has 0 radical (unpaired) electrons. The average molecular weight is 558 g/mol. The molecule has 3 nitrogen and oxygen atoms in total. The van der Waals surface area contributed by atoms with Gasteiger partial charge in [0, 0.05) is 5.54 Å². The highest BCUT2D eigenvalue weighted by atomic mass is 16.4. The molecule has 0 saturated heterocycles. The Morgan fingerprint density at radius 3 is 2.17 bits per heavy atom. The van der Waals surface area contributed by atoms with Gasteiger partial charge in [0.2, 0.25) is 0 Å². The quantitative estimate of drug-likeness (QED) is 0.375. The van der Waals surface area contributed by atoms with Crippen LogP contribution in [0.2, 0.25) is 0 Å². The van der Waals surface area contributed by atoms with Crippen LogP contribution < -0.4 is 0 Å². The van der Waals surface area contributed by atoms with Gasteiger partial charge < -0.3 is 10.0 Å². The Morgan fingerprint density at radius 1 is 0.878 bits per heavy atom. The van der Waals surface area contributed by atoms with Crippen LogP contribution >= 0.6 is 0 Å². The van der Waals surface area contributed by atoms with Crippen molar-refractivity contribution in [2.24, 2.45) is 51.2 Å². The normalized spacial score (nSPS) is 44.7. The number of nitrogens with zero attached hydrogens (tertiary/aromatic N) is 1. The second kappa shape index (κ2) is 9.31. The van der Waals surface area contributed by atoms with E-state index >= 15 is 0 Å². The average Bonchev–Trinajstić information content (AvgIpc) is 3.30. The maximum atomic E-state index is 11.5. The zero-order chi connectivity index (χ0) is 29.8. The number of carboxylic acids is 1. The molecule has 5 aliphatic rings. The third-order valence-corrected chi connectivity index (χ3v) is 14.9. The minimum Gasteiger partial charge on any atom is -0.478 e. The van der Waals surface area contributed by atoms with E-state index in [1.807, 2.05) is 12.1 Å². The van der Waals surface area contributed by atoms with Crippen LogP contribution in [0.25, 0.3) is 5.57 Å². The number of fused-ring (bicyclic) bond motifs is 7. The van der Waals surface area contributed by atoms with Crippen molar-refractivity contribution in [2.75, 3.05) is 14.1 Å². The molecule has 0 aromatic heterocycles. The van der Waals surface area contributed by atoms with Gasteiger partial charge in [0.05, 0.1) is 5.56 Å². The van der Waals surface area contributed by atoms with Gasteiger partial charge in [-0.3, -0.25) is 0 Å². The number of benzene rings is 1. The first-order chi connectivity index (χ1) is 19.1. The van der Waals surface area contributed by atoms with E-state index in [0.29, 0.717) is 33.8 Å². The molecule has 9 atom stereocenters. The van der Waals surface area contributed by atoms with Crippen LogP contribution in [0.5, 0.6) is 0 Å². The van der Waals surface area contributed by atoms with Gasteiger partial charge in [0.25, 0.3) is 0 Å². The maximum absolute atomic E-state index is 11.5. The number of aromatic carboxylic acids is 1. The Balaban J connectivity index is 1.37. The van der Waals surface area contributed by atoms with E-state index < -0.39 is 5.97 Å².